The SMILES string of the molecule is C[C@@H]1CCCN1Cc1sc(Cc2cc(Cl)ncn2)nc1-c1cc(F)cc(C(F)(F)F)c1. The lowest BCUT2D eigenvalue weighted by molar-refractivity contribution is -0.137. The lowest BCUT2D eigenvalue weighted by Gasteiger charge is -2.20. The van der Waals surface area contributed by atoms with Crippen LogP contribution in [-0.2, 0) is 19.1 Å². The van der Waals surface area contributed by atoms with Crippen LogP contribution in [0.15, 0.2) is 30.6 Å². The second kappa shape index (κ2) is 8.80. The van der Waals surface area contributed by atoms with Crippen molar-refractivity contribution in [2.24, 2.45) is 0 Å². The molecule has 0 radical (unpaired) electrons. The van der Waals surface area contributed by atoms with Crippen molar-refractivity contribution in [1.29, 1.82) is 0 Å². The second-order valence-corrected chi connectivity index (χ2v) is 9.13. The Labute approximate surface area is 185 Å². The number of thiazole rings is 1. The number of halogens is 5. The minimum absolute atomic E-state index is 0.123. The largest absolute Gasteiger partial charge is 0.416 e. The summed E-state index contributed by atoms with van der Waals surface area (Å²) in [4.78, 5) is 15.7. The van der Waals surface area contributed by atoms with Crippen molar-refractivity contribution in [1.82, 2.24) is 19.9 Å². The van der Waals surface area contributed by atoms with Crippen LogP contribution in [-0.4, -0.2) is 32.4 Å². The Hall–Kier alpha value is -2.10. The van der Waals surface area contributed by atoms with Crippen molar-refractivity contribution >= 4 is 22.9 Å². The van der Waals surface area contributed by atoms with E-state index in [1.807, 2.05) is 0 Å². The topological polar surface area (TPSA) is 41.9 Å². The van der Waals surface area contributed by atoms with Crippen LogP contribution in [0, 0.1) is 5.82 Å². The molecule has 1 aliphatic heterocycles. The van der Waals surface area contributed by atoms with Gasteiger partial charge in [0.05, 0.1) is 22.0 Å². The minimum atomic E-state index is -4.64. The van der Waals surface area contributed by atoms with Crippen molar-refractivity contribution in [2.75, 3.05) is 6.54 Å². The predicted octanol–water partition coefficient (Wildman–Crippen LogP) is 5.99. The molecule has 0 amide bonds. The standard InChI is InChI=1S/C21H19ClF4N4S/c1-12-3-2-4-30(12)10-17-20(13-5-14(21(24,25)26)7-15(23)6-13)29-19(31-17)9-16-8-18(22)28-11-27-16/h5-8,11-12H,2-4,9-10H2,1H3/t12-/m1/s1. The Morgan fingerprint density at radius 1 is 1.19 bits per heavy atom. The molecule has 0 saturated carbocycles. The summed E-state index contributed by atoms with van der Waals surface area (Å²) in [6, 6.07) is 4.56. The number of hydrogen-bond donors (Lipinski definition) is 0. The third kappa shape index (κ3) is 5.22. The molecule has 10 heteroatoms. The van der Waals surface area contributed by atoms with E-state index in [-0.39, 0.29) is 5.56 Å². The maximum absolute atomic E-state index is 14.1. The maximum atomic E-state index is 14.1. The first-order valence-electron chi connectivity index (χ1n) is 9.76. The lowest BCUT2D eigenvalue weighted by Crippen LogP contribution is -2.25. The van der Waals surface area contributed by atoms with Crippen LogP contribution in [0.1, 0.15) is 40.9 Å². The maximum Gasteiger partial charge on any atom is 0.416 e. The van der Waals surface area contributed by atoms with Crippen molar-refractivity contribution < 1.29 is 17.6 Å². The van der Waals surface area contributed by atoms with E-state index in [1.54, 1.807) is 6.07 Å². The van der Waals surface area contributed by atoms with E-state index in [9.17, 15) is 17.6 Å². The number of alkyl halides is 3. The van der Waals surface area contributed by atoms with E-state index < -0.39 is 17.6 Å². The van der Waals surface area contributed by atoms with Crippen molar-refractivity contribution in [3.8, 4) is 11.3 Å². The van der Waals surface area contributed by atoms with Gasteiger partial charge in [-0.2, -0.15) is 13.2 Å². The van der Waals surface area contributed by atoms with E-state index in [0.29, 0.717) is 46.6 Å². The van der Waals surface area contributed by atoms with Crippen molar-refractivity contribution in [3.05, 3.63) is 62.7 Å². The molecule has 4 nitrogen and oxygen atoms in total. The summed E-state index contributed by atoms with van der Waals surface area (Å²) in [7, 11) is 0. The fraction of sp³-hybridized carbons (Fsp3) is 0.381. The molecular formula is C21H19ClF4N4S. The summed E-state index contributed by atoms with van der Waals surface area (Å²) < 4.78 is 53.8. The zero-order valence-corrected chi connectivity index (χ0v) is 18.2. The summed E-state index contributed by atoms with van der Waals surface area (Å²) >= 11 is 7.33. The average molecular weight is 471 g/mol. The zero-order valence-electron chi connectivity index (χ0n) is 16.6. The molecule has 0 N–H and O–H groups in total. The molecule has 0 spiro atoms. The molecule has 2 aromatic heterocycles. The van der Waals surface area contributed by atoms with Crippen LogP contribution in [0.25, 0.3) is 11.3 Å². The van der Waals surface area contributed by atoms with Gasteiger partial charge in [-0.05, 0) is 50.6 Å². The first-order valence-corrected chi connectivity index (χ1v) is 11.0. The van der Waals surface area contributed by atoms with Gasteiger partial charge in [-0.1, -0.05) is 11.6 Å². The Bertz CT molecular complexity index is 1090. The Morgan fingerprint density at radius 3 is 2.68 bits per heavy atom. The van der Waals surface area contributed by atoms with Crippen LogP contribution < -0.4 is 0 Å². The van der Waals surface area contributed by atoms with Gasteiger partial charge in [0.1, 0.15) is 17.3 Å². The zero-order chi connectivity index (χ0) is 22.2. The number of hydrogen-bond acceptors (Lipinski definition) is 5. The number of rotatable bonds is 5. The molecule has 1 aromatic carbocycles. The summed E-state index contributed by atoms with van der Waals surface area (Å²) in [6.45, 7) is 3.59. The number of benzene rings is 1. The molecule has 0 unspecified atom stereocenters. The lowest BCUT2D eigenvalue weighted by atomic mass is 10.1. The number of aromatic nitrogens is 3. The highest BCUT2D eigenvalue weighted by Gasteiger charge is 2.32. The van der Waals surface area contributed by atoms with E-state index in [4.69, 9.17) is 11.6 Å². The molecule has 4 rings (SSSR count). The second-order valence-electron chi connectivity index (χ2n) is 7.58. The molecule has 0 bridgehead atoms. The molecule has 1 fully saturated rings. The summed E-state index contributed by atoms with van der Waals surface area (Å²) in [6.07, 6.45) is -0.798. The normalized spacial score (nSPS) is 17.4. The first-order chi connectivity index (χ1) is 14.7. The molecule has 3 aromatic rings. The molecule has 0 aliphatic carbocycles. The van der Waals surface area contributed by atoms with Gasteiger partial charge in [0.2, 0.25) is 0 Å². The Balaban J connectivity index is 1.74. The quantitative estimate of drug-likeness (QED) is 0.339. The summed E-state index contributed by atoms with van der Waals surface area (Å²) in [5.41, 5.74) is 0.124. The van der Waals surface area contributed by atoms with Crippen LogP contribution in [0.2, 0.25) is 5.15 Å². The summed E-state index contributed by atoms with van der Waals surface area (Å²) in [5.74, 6) is -0.942. The van der Waals surface area contributed by atoms with E-state index >= 15 is 0 Å². The number of nitrogens with zero attached hydrogens (tertiary/aromatic N) is 4. The van der Waals surface area contributed by atoms with Gasteiger partial charge in [0.25, 0.3) is 0 Å². The highest BCUT2D eigenvalue weighted by atomic mass is 35.5. The third-order valence-corrected chi connectivity index (χ3v) is 6.55. The fourth-order valence-electron chi connectivity index (χ4n) is 3.73. The van der Waals surface area contributed by atoms with Crippen molar-refractivity contribution in [3.63, 3.8) is 0 Å². The molecule has 1 atom stereocenters. The predicted molar refractivity (Wildman–Crippen MR) is 111 cm³/mol. The highest BCUT2D eigenvalue weighted by molar-refractivity contribution is 7.12. The van der Waals surface area contributed by atoms with Gasteiger partial charge >= 0.3 is 6.18 Å². The molecule has 1 saturated heterocycles. The van der Waals surface area contributed by atoms with Gasteiger partial charge in [0, 0.05) is 29.4 Å². The van der Waals surface area contributed by atoms with Crippen molar-refractivity contribution in [2.45, 2.75) is 44.9 Å². The molecule has 3 heterocycles. The van der Waals surface area contributed by atoms with E-state index in [2.05, 4.69) is 26.8 Å². The first kappa shape index (κ1) is 22.1. The monoisotopic (exact) mass is 470 g/mol. The van der Waals surface area contributed by atoms with Crippen LogP contribution >= 0.6 is 22.9 Å². The van der Waals surface area contributed by atoms with E-state index in [0.717, 1.165) is 36.4 Å². The van der Waals surface area contributed by atoms with Crippen LogP contribution in [0.5, 0.6) is 0 Å². The molecular weight excluding hydrogens is 452 g/mol. The smallest absolute Gasteiger partial charge is 0.296 e. The minimum Gasteiger partial charge on any atom is -0.296 e. The summed E-state index contributed by atoms with van der Waals surface area (Å²) in [5, 5.41) is 0.970. The van der Waals surface area contributed by atoms with Gasteiger partial charge in [0.15, 0.2) is 0 Å². The average Bonchev–Trinajstić information content (AvgIpc) is 3.27. The van der Waals surface area contributed by atoms with Crippen LogP contribution in [0.4, 0.5) is 17.6 Å². The van der Waals surface area contributed by atoms with Gasteiger partial charge in [-0.3, -0.25) is 4.90 Å². The molecule has 1 aliphatic rings. The van der Waals surface area contributed by atoms with E-state index in [1.165, 1.54) is 17.7 Å². The Kier molecular flexibility index (Phi) is 6.27. The third-order valence-electron chi connectivity index (χ3n) is 5.30. The van der Waals surface area contributed by atoms with Gasteiger partial charge in [-0.15, -0.1) is 11.3 Å². The van der Waals surface area contributed by atoms with Gasteiger partial charge < -0.3 is 0 Å². The fourth-order valence-corrected chi connectivity index (χ4v) is 5.03. The Morgan fingerprint density at radius 2 is 2.00 bits per heavy atom. The molecule has 31 heavy (non-hydrogen) atoms. The molecule has 164 valence electrons. The van der Waals surface area contributed by atoms with Gasteiger partial charge in [-0.25, -0.2) is 19.3 Å². The highest BCUT2D eigenvalue weighted by Crippen LogP contribution is 2.37. The number of likely N-dealkylation sites (tertiary alicyclic amines) is 1. The van der Waals surface area contributed by atoms with Crippen LogP contribution in [0.3, 0.4) is 0 Å².